The summed E-state index contributed by atoms with van der Waals surface area (Å²) in [7, 11) is 0. The summed E-state index contributed by atoms with van der Waals surface area (Å²) >= 11 is 0. The minimum Gasteiger partial charge on any atom is -0.352 e. The number of hydrogen-bond acceptors (Lipinski definition) is 2. The second-order valence-corrected chi connectivity index (χ2v) is 4.82. The van der Waals surface area contributed by atoms with E-state index in [-0.39, 0.29) is 12.1 Å². The molecule has 96 valence electrons. The van der Waals surface area contributed by atoms with E-state index >= 15 is 0 Å². The van der Waals surface area contributed by atoms with Gasteiger partial charge in [-0.15, -0.1) is 0 Å². The van der Waals surface area contributed by atoms with Crippen LogP contribution in [-0.2, 0) is 9.47 Å². The summed E-state index contributed by atoms with van der Waals surface area (Å²) < 4.78 is 24.4. The number of rotatable bonds is 3. The van der Waals surface area contributed by atoms with Crippen molar-refractivity contribution in [2.45, 2.75) is 38.9 Å². The first kappa shape index (κ1) is 12.8. The van der Waals surface area contributed by atoms with Crippen molar-refractivity contribution in [3.05, 3.63) is 24.1 Å². The van der Waals surface area contributed by atoms with Gasteiger partial charge in [0, 0.05) is 11.8 Å². The molecular weight excluding hydrogens is 219 g/mol. The summed E-state index contributed by atoms with van der Waals surface area (Å²) in [5.41, 5.74) is 0. The first-order valence-corrected chi connectivity index (χ1v) is 6.54. The fraction of sp³-hybridized carbons (Fsp3) is 0.714. The number of allylic oxidation sites excluding steroid dienone is 3. The predicted octanol–water partition coefficient (Wildman–Crippen LogP) is 3.60. The first-order chi connectivity index (χ1) is 8.29. The van der Waals surface area contributed by atoms with Crippen molar-refractivity contribution < 1.29 is 13.9 Å². The van der Waals surface area contributed by atoms with E-state index in [0.717, 1.165) is 32.5 Å². The summed E-state index contributed by atoms with van der Waals surface area (Å²) in [6, 6.07) is 0. The van der Waals surface area contributed by atoms with Crippen LogP contribution in [0.1, 0.15) is 32.6 Å². The lowest BCUT2D eigenvalue weighted by molar-refractivity contribution is -0.219. The molecule has 0 aromatic carbocycles. The molecule has 0 bridgehead atoms. The maximum Gasteiger partial charge on any atom is 0.160 e. The second kappa shape index (κ2) is 6.31. The van der Waals surface area contributed by atoms with Crippen LogP contribution in [0.2, 0.25) is 0 Å². The lowest BCUT2D eigenvalue weighted by Crippen LogP contribution is -2.36. The number of ether oxygens (including phenoxy) is 2. The molecule has 2 rings (SSSR count). The topological polar surface area (TPSA) is 18.5 Å². The quantitative estimate of drug-likeness (QED) is 0.702. The Morgan fingerprint density at radius 1 is 1.41 bits per heavy atom. The molecule has 2 aliphatic rings. The van der Waals surface area contributed by atoms with E-state index in [9.17, 15) is 4.39 Å². The molecule has 1 aliphatic carbocycles. The van der Waals surface area contributed by atoms with Crippen LogP contribution in [0.3, 0.4) is 0 Å². The van der Waals surface area contributed by atoms with E-state index in [4.69, 9.17) is 9.47 Å². The van der Waals surface area contributed by atoms with Gasteiger partial charge < -0.3 is 9.47 Å². The Labute approximate surface area is 102 Å². The van der Waals surface area contributed by atoms with Crippen LogP contribution in [0, 0.1) is 11.8 Å². The molecule has 0 saturated carbocycles. The third kappa shape index (κ3) is 3.65. The summed E-state index contributed by atoms with van der Waals surface area (Å²) in [6.45, 7) is 3.57. The number of halogens is 1. The van der Waals surface area contributed by atoms with Crippen molar-refractivity contribution >= 4 is 0 Å². The van der Waals surface area contributed by atoms with Crippen LogP contribution < -0.4 is 0 Å². The highest BCUT2D eigenvalue weighted by atomic mass is 19.1. The van der Waals surface area contributed by atoms with E-state index in [1.807, 2.05) is 0 Å². The van der Waals surface area contributed by atoms with Crippen LogP contribution in [0.15, 0.2) is 24.1 Å². The third-order valence-electron chi connectivity index (χ3n) is 3.37. The lowest BCUT2D eigenvalue weighted by Gasteiger charge is -2.34. The maximum atomic E-state index is 12.9. The molecule has 1 heterocycles. The smallest absolute Gasteiger partial charge is 0.160 e. The standard InChI is InChI=1S/C14H21FO2/c1-2-3-4-11-9-16-14(17-10-11)12-5-7-13(15)8-6-12/h3-4,7,11-12,14H,2,5-6,8-10H2,1H3/b4-3+/t11-,12?,14-. The zero-order valence-corrected chi connectivity index (χ0v) is 10.4. The maximum absolute atomic E-state index is 12.9. The van der Waals surface area contributed by atoms with Gasteiger partial charge in [0.25, 0.3) is 0 Å². The van der Waals surface area contributed by atoms with Crippen LogP contribution >= 0.6 is 0 Å². The lowest BCUT2D eigenvalue weighted by atomic mass is 9.92. The van der Waals surface area contributed by atoms with Crippen molar-refractivity contribution in [3.8, 4) is 0 Å². The van der Waals surface area contributed by atoms with Gasteiger partial charge >= 0.3 is 0 Å². The molecule has 17 heavy (non-hydrogen) atoms. The summed E-state index contributed by atoms with van der Waals surface area (Å²) in [5, 5.41) is 0. The predicted molar refractivity (Wildman–Crippen MR) is 65.1 cm³/mol. The normalized spacial score (nSPS) is 34.9. The molecule has 0 N–H and O–H groups in total. The molecule has 1 atom stereocenters. The molecule has 3 heteroatoms. The zero-order chi connectivity index (χ0) is 12.1. The molecule has 0 aromatic rings. The van der Waals surface area contributed by atoms with Gasteiger partial charge in [0.1, 0.15) is 0 Å². The van der Waals surface area contributed by atoms with Crippen LogP contribution in [-0.4, -0.2) is 19.5 Å². The molecule has 0 aromatic heterocycles. The Hall–Kier alpha value is -0.670. The van der Waals surface area contributed by atoms with Gasteiger partial charge in [-0.25, -0.2) is 4.39 Å². The van der Waals surface area contributed by atoms with Gasteiger partial charge in [0.05, 0.1) is 19.0 Å². The number of hydrogen-bond donors (Lipinski definition) is 0. The van der Waals surface area contributed by atoms with Gasteiger partial charge in [-0.1, -0.05) is 25.2 Å². The van der Waals surface area contributed by atoms with Crippen LogP contribution in [0.25, 0.3) is 0 Å². The van der Waals surface area contributed by atoms with Crippen LogP contribution in [0.4, 0.5) is 4.39 Å². The zero-order valence-electron chi connectivity index (χ0n) is 10.4. The van der Waals surface area contributed by atoms with Gasteiger partial charge in [0.15, 0.2) is 6.29 Å². The SMILES string of the molecule is CC/C=C/[C@H]1CO[C@H](C2CC=C(F)CC2)OC1. The van der Waals surface area contributed by atoms with Crippen molar-refractivity contribution in [2.24, 2.45) is 11.8 Å². The fourth-order valence-corrected chi connectivity index (χ4v) is 2.31. The Morgan fingerprint density at radius 3 is 2.76 bits per heavy atom. The van der Waals surface area contributed by atoms with Crippen molar-refractivity contribution in [3.63, 3.8) is 0 Å². The molecule has 0 amide bonds. The van der Waals surface area contributed by atoms with Gasteiger partial charge in [-0.05, 0) is 25.7 Å². The molecule has 1 fully saturated rings. The van der Waals surface area contributed by atoms with E-state index < -0.39 is 0 Å². The Kier molecular flexibility index (Phi) is 4.75. The van der Waals surface area contributed by atoms with E-state index in [1.165, 1.54) is 0 Å². The Bertz CT molecular complexity index is 291. The average Bonchev–Trinajstić information content (AvgIpc) is 2.38. The van der Waals surface area contributed by atoms with E-state index in [1.54, 1.807) is 6.08 Å². The molecule has 2 nitrogen and oxygen atoms in total. The summed E-state index contributed by atoms with van der Waals surface area (Å²) in [6.07, 6.45) is 9.01. The highest BCUT2D eigenvalue weighted by molar-refractivity contribution is 4.99. The highest BCUT2D eigenvalue weighted by Gasteiger charge is 2.29. The Morgan fingerprint density at radius 2 is 2.18 bits per heavy atom. The Balaban J connectivity index is 1.77. The minimum atomic E-state index is -0.134. The summed E-state index contributed by atoms with van der Waals surface area (Å²) in [4.78, 5) is 0. The molecule has 1 unspecified atom stereocenters. The average molecular weight is 240 g/mol. The van der Waals surface area contributed by atoms with E-state index in [0.29, 0.717) is 18.3 Å². The summed E-state index contributed by atoms with van der Waals surface area (Å²) in [5.74, 6) is 0.716. The van der Waals surface area contributed by atoms with Crippen LogP contribution in [0.5, 0.6) is 0 Å². The molecule has 1 aliphatic heterocycles. The van der Waals surface area contributed by atoms with E-state index in [2.05, 4.69) is 19.1 Å². The monoisotopic (exact) mass is 240 g/mol. The van der Waals surface area contributed by atoms with Crippen molar-refractivity contribution in [2.75, 3.05) is 13.2 Å². The van der Waals surface area contributed by atoms with Crippen molar-refractivity contribution in [1.82, 2.24) is 0 Å². The van der Waals surface area contributed by atoms with Gasteiger partial charge in [-0.3, -0.25) is 0 Å². The second-order valence-electron chi connectivity index (χ2n) is 4.82. The van der Waals surface area contributed by atoms with Gasteiger partial charge in [0.2, 0.25) is 0 Å². The van der Waals surface area contributed by atoms with Gasteiger partial charge in [-0.2, -0.15) is 0 Å². The molecule has 0 spiro atoms. The van der Waals surface area contributed by atoms with Crippen molar-refractivity contribution in [1.29, 1.82) is 0 Å². The minimum absolute atomic E-state index is 0.0146. The third-order valence-corrected chi connectivity index (χ3v) is 3.37. The molecule has 1 saturated heterocycles. The largest absolute Gasteiger partial charge is 0.352 e. The molecule has 0 radical (unpaired) electrons. The molecular formula is C14H21FO2. The fourth-order valence-electron chi connectivity index (χ4n) is 2.31. The first-order valence-electron chi connectivity index (χ1n) is 6.54. The highest BCUT2D eigenvalue weighted by Crippen LogP contribution is 2.30.